The zero-order chi connectivity index (χ0) is 15.5. The molecule has 0 amide bonds. The van der Waals surface area contributed by atoms with Gasteiger partial charge >= 0.3 is 5.97 Å². The number of carboxylic acids is 1. The van der Waals surface area contributed by atoms with Crippen molar-refractivity contribution in [1.82, 2.24) is 4.72 Å². The van der Waals surface area contributed by atoms with Crippen LogP contribution >= 0.6 is 0 Å². The highest BCUT2D eigenvalue weighted by Gasteiger charge is 2.20. The van der Waals surface area contributed by atoms with Crippen molar-refractivity contribution in [3.63, 3.8) is 0 Å². The Hall–Kier alpha value is -1.86. The third kappa shape index (κ3) is 3.83. The van der Waals surface area contributed by atoms with Gasteiger partial charge in [0.2, 0.25) is 10.0 Å². The molecule has 114 valence electrons. The molecule has 7 heteroatoms. The zero-order valence-electron chi connectivity index (χ0n) is 11.3. The summed E-state index contributed by atoms with van der Waals surface area (Å²) < 4.78 is 26.8. The Bertz CT molecular complexity index is 666. The van der Waals surface area contributed by atoms with Crippen LogP contribution in [0, 0.1) is 5.92 Å². The molecule has 1 aromatic rings. The number of benzene rings is 1. The second-order valence-corrected chi connectivity index (χ2v) is 6.75. The molecule has 1 unspecified atom stereocenters. The Morgan fingerprint density at radius 3 is 2.71 bits per heavy atom. The van der Waals surface area contributed by atoms with Crippen LogP contribution in [0.15, 0.2) is 35.2 Å². The van der Waals surface area contributed by atoms with Crippen LogP contribution in [0.5, 0.6) is 5.75 Å². The fraction of sp³-hybridized carbons (Fsp3) is 0.357. The molecule has 1 aliphatic rings. The number of carboxylic acid groups (broad SMARTS) is 1. The van der Waals surface area contributed by atoms with Crippen LogP contribution in [0.25, 0.3) is 0 Å². The van der Waals surface area contributed by atoms with Crippen molar-refractivity contribution >= 4 is 16.0 Å². The Morgan fingerprint density at radius 2 is 2.10 bits per heavy atom. The van der Waals surface area contributed by atoms with Crippen LogP contribution in [0.1, 0.15) is 29.6 Å². The Balaban J connectivity index is 2.13. The minimum absolute atomic E-state index is 0.163. The van der Waals surface area contributed by atoms with Crippen LogP contribution in [0.4, 0.5) is 0 Å². The molecule has 0 radical (unpaired) electrons. The van der Waals surface area contributed by atoms with Gasteiger partial charge in [-0.25, -0.2) is 17.9 Å². The normalized spacial score (nSPS) is 18.6. The predicted octanol–water partition coefficient (Wildman–Crippen LogP) is 1.73. The predicted molar refractivity (Wildman–Crippen MR) is 76.7 cm³/mol. The van der Waals surface area contributed by atoms with E-state index in [1.807, 2.05) is 6.08 Å². The second-order valence-electron chi connectivity index (χ2n) is 4.99. The summed E-state index contributed by atoms with van der Waals surface area (Å²) in [6.07, 6.45) is 6.80. The van der Waals surface area contributed by atoms with E-state index in [2.05, 4.69) is 10.8 Å². The van der Waals surface area contributed by atoms with E-state index in [9.17, 15) is 18.3 Å². The highest BCUT2D eigenvalue weighted by atomic mass is 32.2. The lowest BCUT2D eigenvalue weighted by Crippen LogP contribution is -2.30. The van der Waals surface area contributed by atoms with Crippen LogP contribution in [-0.2, 0) is 10.0 Å². The van der Waals surface area contributed by atoms with Gasteiger partial charge in [-0.2, -0.15) is 0 Å². The molecule has 0 fully saturated rings. The van der Waals surface area contributed by atoms with Crippen molar-refractivity contribution in [1.29, 1.82) is 0 Å². The van der Waals surface area contributed by atoms with Gasteiger partial charge in [-0.3, -0.25) is 0 Å². The molecule has 1 aliphatic carbocycles. The lowest BCUT2D eigenvalue weighted by atomic mass is 9.95. The Kier molecular flexibility index (Phi) is 4.64. The fourth-order valence-electron chi connectivity index (χ4n) is 2.21. The number of carbonyl (C=O) groups is 1. The van der Waals surface area contributed by atoms with Crippen molar-refractivity contribution < 1.29 is 23.4 Å². The molecule has 0 saturated heterocycles. The molecule has 0 aliphatic heterocycles. The molecule has 0 heterocycles. The number of aromatic carboxylic acids is 1. The molecule has 6 nitrogen and oxygen atoms in total. The van der Waals surface area contributed by atoms with E-state index < -0.39 is 27.3 Å². The van der Waals surface area contributed by atoms with Gasteiger partial charge in [-0.1, -0.05) is 12.2 Å². The van der Waals surface area contributed by atoms with Gasteiger partial charge in [0.1, 0.15) is 11.3 Å². The summed E-state index contributed by atoms with van der Waals surface area (Å²) in [7, 11) is -3.78. The quantitative estimate of drug-likeness (QED) is 0.718. The first-order chi connectivity index (χ1) is 9.90. The summed E-state index contributed by atoms with van der Waals surface area (Å²) in [5.41, 5.74) is -0.432. The largest absolute Gasteiger partial charge is 0.507 e. The second kappa shape index (κ2) is 6.28. The topological polar surface area (TPSA) is 104 Å². The lowest BCUT2D eigenvalue weighted by molar-refractivity contribution is 0.0693. The number of allylic oxidation sites excluding steroid dienone is 2. The van der Waals surface area contributed by atoms with Gasteiger partial charge in [-0.15, -0.1) is 0 Å². The molecule has 0 saturated carbocycles. The Morgan fingerprint density at radius 1 is 1.33 bits per heavy atom. The summed E-state index contributed by atoms with van der Waals surface area (Å²) in [6, 6.07) is 3.22. The number of hydrogen-bond acceptors (Lipinski definition) is 4. The summed E-state index contributed by atoms with van der Waals surface area (Å²) in [5.74, 6) is -1.58. The first-order valence-electron chi connectivity index (χ1n) is 6.61. The third-order valence-electron chi connectivity index (χ3n) is 3.45. The van der Waals surface area contributed by atoms with Crippen LogP contribution < -0.4 is 4.72 Å². The van der Waals surface area contributed by atoms with Gasteiger partial charge < -0.3 is 10.2 Å². The monoisotopic (exact) mass is 311 g/mol. The zero-order valence-corrected chi connectivity index (χ0v) is 12.1. The first-order valence-corrected chi connectivity index (χ1v) is 8.09. The van der Waals surface area contributed by atoms with Crippen molar-refractivity contribution in [3.05, 3.63) is 35.9 Å². The number of phenols is 1. The molecule has 0 aromatic heterocycles. The van der Waals surface area contributed by atoms with Gasteiger partial charge in [0, 0.05) is 6.54 Å². The van der Waals surface area contributed by atoms with Crippen LogP contribution in [0.3, 0.4) is 0 Å². The number of hydrogen-bond donors (Lipinski definition) is 3. The maximum Gasteiger partial charge on any atom is 0.339 e. The van der Waals surface area contributed by atoms with Crippen molar-refractivity contribution in [2.45, 2.75) is 24.2 Å². The number of rotatable bonds is 5. The van der Waals surface area contributed by atoms with Crippen molar-refractivity contribution in [2.24, 2.45) is 5.92 Å². The number of aromatic hydroxyl groups is 1. The van der Waals surface area contributed by atoms with Crippen molar-refractivity contribution in [3.8, 4) is 5.75 Å². The van der Waals surface area contributed by atoms with E-state index in [-0.39, 0.29) is 10.8 Å². The molecular formula is C14H17NO5S. The SMILES string of the molecule is O=C(O)c1cc(S(=O)(=O)NCC2CC=CCC2)ccc1O. The standard InChI is InChI=1S/C14H17NO5S/c16-13-7-6-11(8-12(13)14(17)18)21(19,20)15-9-10-4-2-1-3-5-10/h1-2,6-8,10,15-16H,3-5,9H2,(H,17,18). The van der Waals surface area contributed by atoms with E-state index in [0.717, 1.165) is 31.4 Å². The molecular weight excluding hydrogens is 294 g/mol. The van der Waals surface area contributed by atoms with E-state index in [1.165, 1.54) is 6.07 Å². The Labute approximate surface area is 123 Å². The number of sulfonamides is 1. The van der Waals surface area contributed by atoms with Gasteiger partial charge in [0.05, 0.1) is 4.90 Å². The molecule has 1 atom stereocenters. The average Bonchev–Trinajstić information content (AvgIpc) is 2.46. The third-order valence-corrected chi connectivity index (χ3v) is 4.87. The molecule has 0 spiro atoms. The molecule has 2 rings (SSSR count). The minimum Gasteiger partial charge on any atom is -0.507 e. The summed E-state index contributed by atoms with van der Waals surface area (Å²) >= 11 is 0. The van der Waals surface area contributed by atoms with E-state index in [1.54, 1.807) is 0 Å². The van der Waals surface area contributed by atoms with Crippen LogP contribution in [-0.4, -0.2) is 31.1 Å². The molecule has 21 heavy (non-hydrogen) atoms. The van der Waals surface area contributed by atoms with Crippen LogP contribution in [0.2, 0.25) is 0 Å². The summed E-state index contributed by atoms with van der Waals surface area (Å²) in [5, 5.41) is 18.3. The fourth-order valence-corrected chi connectivity index (χ4v) is 3.35. The smallest absolute Gasteiger partial charge is 0.339 e. The first kappa shape index (κ1) is 15.5. The van der Waals surface area contributed by atoms with Gasteiger partial charge in [0.15, 0.2) is 0 Å². The lowest BCUT2D eigenvalue weighted by Gasteiger charge is -2.18. The minimum atomic E-state index is -3.78. The average molecular weight is 311 g/mol. The van der Waals surface area contributed by atoms with E-state index in [0.29, 0.717) is 6.54 Å². The van der Waals surface area contributed by atoms with Gasteiger partial charge in [0.25, 0.3) is 0 Å². The summed E-state index contributed by atoms with van der Waals surface area (Å²) in [4.78, 5) is 10.8. The molecule has 0 bridgehead atoms. The highest BCUT2D eigenvalue weighted by molar-refractivity contribution is 7.89. The number of nitrogens with one attached hydrogen (secondary N) is 1. The molecule has 1 aromatic carbocycles. The highest BCUT2D eigenvalue weighted by Crippen LogP contribution is 2.22. The maximum absolute atomic E-state index is 12.2. The summed E-state index contributed by atoms with van der Waals surface area (Å²) in [6.45, 7) is 0.315. The van der Waals surface area contributed by atoms with E-state index in [4.69, 9.17) is 5.11 Å². The van der Waals surface area contributed by atoms with E-state index >= 15 is 0 Å². The maximum atomic E-state index is 12.2. The molecule has 3 N–H and O–H groups in total. The van der Waals surface area contributed by atoms with Gasteiger partial charge in [-0.05, 0) is 43.4 Å². The van der Waals surface area contributed by atoms with Crippen molar-refractivity contribution in [2.75, 3.05) is 6.54 Å².